The van der Waals surface area contributed by atoms with Crippen LogP contribution >= 0.6 is 0 Å². The van der Waals surface area contributed by atoms with Crippen molar-refractivity contribution in [1.29, 1.82) is 0 Å². The van der Waals surface area contributed by atoms with Gasteiger partial charge in [0.2, 0.25) is 0 Å². The maximum Gasteiger partial charge on any atom is 0.270 e. The van der Waals surface area contributed by atoms with Crippen molar-refractivity contribution in [2.75, 3.05) is 12.0 Å². The molecule has 0 aliphatic rings. The number of carbonyl (C=O) groups excluding carboxylic acids is 1. The predicted molar refractivity (Wildman–Crippen MR) is 116 cm³/mol. The van der Waals surface area contributed by atoms with Gasteiger partial charge in [-0.15, -0.1) is 0 Å². The van der Waals surface area contributed by atoms with Gasteiger partial charge >= 0.3 is 0 Å². The first-order chi connectivity index (χ1) is 14.1. The number of rotatable bonds is 8. The first kappa shape index (κ1) is 20.4. The van der Waals surface area contributed by atoms with Crippen LogP contribution in [0.2, 0.25) is 0 Å². The van der Waals surface area contributed by atoms with Crippen LogP contribution in [0.1, 0.15) is 35.5 Å². The standard InChI is InChI=1S/C24H27N3O2/c1-18(2)27(17-19-9-5-4-6-10-19)21-13-14-25-22(15-21)24(28)26-16-20-11-7-8-12-23(20)29-3/h4-15,18H,16-17H2,1-3H3,(H,26,28). The van der Waals surface area contributed by atoms with Gasteiger partial charge in [0, 0.05) is 36.6 Å². The van der Waals surface area contributed by atoms with Gasteiger partial charge in [-0.1, -0.05) is 48.5 Å². The van der Waals surface area contributed by atoms with Crippen molar-refractivity contribution in [3.8, 4) is 5.75 Å². The van der Waals surface area contributed by atoms with E-state index in [1.54, 1.807) is 13.3 Å². The summed E-state index contributed by atoms with van der Waals surface area (Å²) in [6.07, 6.45) is 1.69. The van der Waals surface area contributed by atoms with E-state index in [2.05, 4.69) is 41.2 Å². The van der Waals surface area contributed by atoms with Crippen molar-refractivity contribution in [3.63, 3.8) is 0 Å². The highest BCUT2D eigenvalue weighted by Gasteiger charge is 2.15. The molecule has 0 aliphatic heterocycles. The van der Waals surface area contributed by atoms with Crippen molar-refractivity contribution in [2.45, 2.75) is 33.0 Å². The molecule has 0 aliphatic carbocycles. The van der Waals surface area contributed by atoms with Gasteiger partial charge in [0.25, 0.3) is 5.91 Å². The Balaban J connectivity index is 1.74. The number of ether oxygens (including phenoxy) is 1. The van der Waals surface area contributed by atoms with Crippen molar-refractivity contribution in [3.05, 3.63) is 89.7 Å². The first-order valence-electron chi connectivity index (χ1n) is 9.75. The molecule has 1 heterocycles. The van der Waals surface area contributed by atoms with Gasteiger partial charge in [0.15, 0.2) is 0 Å². The fourth-order valence-corrected chi connectivity index (χ4v) is 3.19. The second-order valence-corrected chi connectivity index (χ2v) is 7.10. The number of amides is 1. The van der Waals surface area contributed by atoms with Gasteiger partial charge in [0.1, 0.15) is 11.4 Å². The molecule has 1 amide bonds. The second-order valence-electron chi connectivity index (χ2n) is 7.10. The molecular formula is C24H27N3O2. The van der Waals surface area contributed by atoms with Gasteiger partial charge < -0.3 is 15.0 Å². The van der Waals surface area contributed by atoms with Crippen LogP contribution < -0.4 is 15.0 Å². The van der Waals surface area contributed by atoms with Crippen LogP contribution in [0, 0.1) is 0 Å². The lowest BCUT2D eigenvalue weighted by Crippen LogP contribution is -2.31. The van der Waals surface area contributed by atoms with Crippen molar-refractivity contribution in [1.82, 2.24) is 10.3 Å². The van der Waals surface area contributed by atoms with E-state index in [1.807, 2.05) is 54.6 Å². The zero-order chi connectivity index (χ0) is 20.6. The number of anilines is 1. The van der Waals surface area contributed by atoms with Gasteiger partial charge in [-0.3, -0.25) is 9.78 Å². The van der Waals surface area contributed by atoms with Crippen molar-refractivity contribution >= 4 is 11.6 Å². The largest absolute Gasteiger partial charge is 0.496 e. The quantitative estimate of drug-likeness (QED) is 0.619. The molecule has 29 heavy (non-hydrogen) atoms. The first-order valence-corrected chi connectivity index (χ1v) is 9.75. The molecular weight excluding hydrogens is 362 g/mol. The molecule has 0 radical (unpaired) electrons. The topological polar surface area (TPSA) is 54.5 Å². The molecule has 3 rings (SSSR count). The molecule has 0 spiro atoms. The summed E-state index contributed by atoms with van der Waals surface area (Å²) in [5.74, 6) is 0.546. The Morgan fingerprint density at radius 3 is 2.52 bits per heavy atom. The molecule has 0 atom stereocenters. The number of hydrogen-bond donors (Lipinski definition) is 1. The number of para-hydroxylation sites is 1. The summed E-state index contributed by atoms with van der Waals surface area (Å²) in [6.45, 7) is 5.44. The third kappa shape index (κ3) is 5.35. The van der Waals surface area contributed by atoms with Crippen LogP contribution in [0.5, 0.6) is 5.75 Å². The normalized spacial score (nSPS) is 10.6. The summed E-state index contributed by atoms with van der Waals surface area (Å²) in [7, 11) is 1.62. The van der Waals surface area contributed by atoms with Gasteiger partial charge in [-0.25, -0.2) is 0 Å². The lowest BCUT2D eigenvalue weighted by atomic mass is 10.1. The summed E-state index contributed by atoms with van der Waals surface area (Å²) in [5.41, 5.74) is 3.52. The highest BCUT2D eigenvalue weighted by Crippen LogP contribution is 2.21. The number of nitrogens with one attached hydrogen (secondary N) is 1. The molecule has 0 saturated carbocycles. The number of hydrogen-bond acceptors (Lipinski definition) is 4. The second kappa shape index (κ2) is 9.73. The highest BCUT2D eigenvalue weighted by atomic mass is 16.5. The molecule has 0 fully saturated rings. The summed E-state index contributed by atoms with van der Waals surface area (Å²) in [4.78, 5) is 19.2. The Hall–Kier alpha value is -3.34. The summed E-state index contributed by atoms with van der Waals surface area (Å²) in [6, 6.07) is 22.0. The maximum atomic E-state index is 12.7. The SMILES string of the molecule is COc1ccccc1CNC(=O)c1cc(N(Cc2ccccc2)C(C)C)ccn1. The molecule has 5 heteroatoms. The highest BCUT2D eigenvalue weighted by molar-refractivity contribution is 5.93. The zero-order valence-electron chi connectivity index (χ0n) is 17.1. The smallest absolute Gasteiger partial charge is 0.270 e. The summed E-state index contributed by atoms with van der Waals surface area (Å²) < 4.78 is 5.34. The zero-order valence-corrected chi connectivity index (χ0v) is 17.1. The van der Waals surface area contributed by atoms with E-state index in [1.165, 1.54) is 5.56 Å². The molecule has 0 saturated heterocycles. The number of pyridine rings is 1. The van der Waals surface area contributed by atoms with Crippen LogP contribution in [0.25, 0.3) is 0 Å². The Labute approximate surface area is 172 Å². The van der Waals surface area contributed by atoms with E-state index in [4.69, 9.17) is 4.74 Å². The molecule has 2 aromatic carbocycles. The Kier molecular flexibility index (Phi) is 6.85. The molecule has 150 valence electrons. The average Bonchev–Trinajstić information content (AvgIpc) is 2.76. The Morgan fingerprint density at radius 2 is 1.79 bits per heavy atom. The third-order valence-corrected chi connectivity index (χ3v) is 4.76. The van der Waals surface area contributed by atoms with E-state index >= 15 is 0 Å². The van der Waals surface area contributed by atoms with Crippen LogP contribution in [0.4, 0.5) is 5.69 Å². The number of methoxy groups -OCH3 is 1. The third-order valence-electron chi connectivity index (χ3n) is 4.76. The predicted octanol–water partition coefficient (Wildman–Crippen LogP) is 4.44. The fraction of sp³-hybridized carbons (Fsp3) is 0.250. The molecule has 3 aromatic rings. The van der Waals surface area contributed by atoms with Crippen molar-refractivity contribution in [2.24, 2.45) is 0 Å². The molecule has 0 unspecified atom stereocenters. The summed E-state index contributed by atoms with van der Waals surface area (Å²) in [5, 5.41) is 2.94. The van der Waals surface area contributed by atoms with Gasteiger partial charge in [-0.2, -0.15) is 0 Å². The van der Waals surface area contributed by atoms with E-state index < -0.39 is 0 Å². The number of carbonyl (C=O) groups is 1. The minimum absolute atomic E-state index is 0.207. The van der Waals surface area contributed by atoms with E-state index in [0.29, 0.717) is 12.2 Å². The Bertz CT molecular complexity index is 942. The number of aromatic nitrogens is 1. The lowest BCUT2D eigenvalue weighted by Gasteiger charge is -2.29. The van der Waals surface area contributed by atoms with Crippen molar-refractivity contribution < 1.29 is 9.53 Å². The molecule has 5 nitrogen and oxygen atoms in total. The molecule has 1 aromatic heterocycles. The van der Waals surface area contributed by atoms with Gasteiger partial charge in [0.05, 0.1) is 7.11 Å². The lowest BCUT2D eigenvalue weighted by molar-refractivity contribution is 0.0945. The van der Waals surface area contributed by atoms with Crippen LogP contribution in [0.15, 0.2) is 72.9 Å². The van der Waals surface area contributed by atoms with E-state index in [-0.39, 0.29) is 11.9 Å². The fourth-order valence-electron chi connectivity index (χ4n) is 3.19. The minimum atomic E-state index is -0.207. The Morgan fingerprint density at radius 1 is 1.07 bits per heavy atom. The van der Waals surface area contributed by atoms with Gasteiger partial charge in [-0.05, 0) is 37.6 Å². The van der Waals surface area contributed by atoms with E-state index in [9.17, 15) is 4.79 Å². The van der Waals surface area contributed by atoms with Crippen LogP contribution in [-0.2, 0) is 13.1 Å². The molecule has 1 N–H and O–H groups in total. The number of nitrogens with zero attached hydrogens (tertiary/aromatic N) is 2. The minimum Gasteiger partial charge on any atom is -0.496 e. The number of benzene rings is 2. The maximum absolute atomic E-state index is 12.7. The van der Waals surface area contributed by atoms with Crippen LogP contribution in [-0.4, -0.2) is 24.0 Å². The van der Waals surface area contributed by atoms with E-state index in [0.717, 1.165) is 23.5 Å². The summed E-state index contributed by atoms with van der Waals surface area (Å²) >= 11 is 0. The average molecular weight is 389 g/mol. The van der Waals surface area contributed by atoms with Crippen LogP contribution in [0.3, 0.4) is 0 Å². The monoisotopic (exact) mass is 389 g/mol. The molecule has 0 bridgehead atoms.